The van der Waals surface area contributed by atoms with Gasteiger partial charge in [0.25, 0.3) is 0 Å². The van der Waals surface area contributed by atoms with Crippen molar-refractivity contribution in [1.82, 2.24) is 0 Å². The van der Waals surface area contributed by atoms with Crippen molar-refractivity contribution < 1.29 is 8.85 Å². The lowest BCUT2D eigenvalue weighted by atomic mass is 10.2. The number of hydrogen-bond donors (Lipinski definition) is 0. The van der Waals surface area contributed by atoms with Crippen LogP contribution < -0.4 is 0 Å². The molecule has 0 aliphatic rings. The van der Waals surface area contributed by atoms with Crippen LogP contribution in [-0.4, -0.2) is 35.7 Å². The van der Waals surface area contributed by atoms with Crippen LogP contribution in [-0.2, 0) is 8.85 Å². The van der Waals surface area contributed by atoms with Crippen molar-refractivity contribution in [3.8, 4) is 0 Å². The van der Waals surface area contributed by atoms with E-state index in [1.54, 1.807) is 0 Å². The SMILES string of the molecule is CCC(C)[Si](C)(C)C(C)(CC)O[Si](C)(C)C(C)O[Si](C)(C)C(C)(C)C. The third kappa shape index (κ3) is 5.77. The third-order valence-corrected chi connectivity index (χ3v) is 21.7. The molecule has 0 heterocycles. The maximum absolute atomic E-state index is 7.08. The summed E-state index contributed by atoms with van der Waals surface area (Å²) in [7, 11) is -5.29. The Morgan fingerprint density at radius 1 is 0.840 bits per heavy atom. The van der Waals surface area contributed by atoms with Crippen molar-refractivity contribution >= 4 is 24.7 Å². The molecule has 0 N–H and O–H groups in total. The second kappa shape index (κ2) is 8.29. The molecule has 0 aromatic rings. The Labute approximate surface area is 162 Å². The zero-order chi connectivity index (χ0) is 20.5. The molecule has 2 nitrogen and oxygen atoms in total. The van der Waals surface area contributed by atoms with Crippen LogP contribution in [0.5, 0.6) is 0 Å². The molecular weight excluding hydrogens is 356 g/mol. The first-order valence-corrected chi connectivity index (χ1v) is 19.2. The Hall–Kier alpha value is 0.571. The van der Waals surface area contributed by atoms with Gasteiger partial charge in [-0.05, 0) is 57.0 Å². The van der Waals surface area contributed by atoms with Gasteiger partial charge < -0.3 is 8.85 Å². The van der Waals surface area contributed by atoms with Crippen molar-refractivity contribution in [2.75, 3.05) is 0 Å². The number of hydrogen-bond acceptors (Lipinski definition) is 2. The largest absolute Gasteiger partial charge is 0.414 e. The minimum Gasteiger partial charge on any atom is -0.414 e. The number of rotatable bonds is 9. The maximum atomic E-state index is 7.08. The summed E-state index contributed by atoms with van der Waals surface area (Å²) in [4.78, 5) is 0. The average molecular weight is 405 g/mol. The van der Waals surface area contributed by atoms with Crippen LogP contribution >= 0.6 is 0 Å². The van der Waals surface area contributed by atoms with Crippen LogP contribution in [0.4, 0.5) is 0 Å². The van der Waals surface area contributed by atoms with E-state index in [-0.39, 0.29) is 16.0 Å². The standard InChI is InChI=1S/C20H48O2Si3/c1-15-17(3)23(9,10)20(8,16-2)22-24(11,12)18(4)21-25(13,14)19(5,6)7/h17-18H,15-16H2,1-14H3. The fourth-order valence-corrected chi connectivity index (χ4v) is 12.7. The molecule has 0 aliphatic heterocycles. The molecule has 152 valence electrons. The molecule has 0 amide bonds. The second-order valence-corrected chi connectivity index (χ2v) is 25.3. The second-order valence-electron chi connectivity index (χ2n) is 10.8. The van der Waals surface area contributed by atoms with Crippen molar-refractivity contribution in [2.24, 2.45) is 0 Å². The quantitative estimate of drug-likeness (QED) is 0.373. The fourth-order valence-electron chi connectivity index (χ4n) is 3.12. The zero-order valence-corrected chi connectivity index (χ0v) is 22.9. The van der Waals surface area contributed by atoms with E-state index in [0.29, 0.717) is 0 Å². The van der Waals surface area contributed by atoms with Crippen LogP contribution in [0.25, 0.3) is 0 Å². The van der Waals surface area contributed by atoms with Gasteiger partial charge in [-0.1, -0.05) is 61.1 Å². The van der Waals surface area contributed by atoms with Crippen LogP contribution in [0.1, 0.15) is 68.2 Å². The Balaban J connectivity index is 5.51. The predicted molar refractivity (Wildman–Crippen MR) is 122 cm³/mol. The van der Waals surface area contributed by atoms with Gasteiger partial charge in [-0.2, -0.15) is 0 Å². The molecule has 25 heavy (non-hydrogen) atoms. The van der Waals surface area contributed by atoms with E-state index in [4.69, 9.17) is 8.85 Å². The highest BCUT2D eigenvalue weighted by Gasteiger charge is 2.51. The van der Waals surface area contributed by atoms with Gasteiger partial charge in [-0.3, -0.25) is 0 Å². The fraction of sp³-hybridized carbons (Fsp3) is 1.00. The lowest BCUT2D eigenvalue weighted by Gasteiger charge is -2.51. The maximum Gasteiger partial charge on any atom is 0.213 e. The van der Waals surface area contributed by atoms with E-state index in [9.17, 15) is 0 Å². The van der Waals surface area contributed by atoms with Gasteiger partial charge in [-0.25, -0.2) is 0 Å². The van der Waals surface area contributed by atoms with E-state index in [1.165, 1.54) is 6.42 Å². The van der Waals surface area contributed by atoms with Crippen LogP contribution in [0, 0.1) is 0 Å². The van der Waals surface area contributed by atoms with Crippen molar-refractivity contribution in [2.45, 2.75) is 129 Å². The van der Waals surface area contributed by atoms with E-state index >= 15 is 0 Å². The first kappa shape index (κ1) is 25.6. The third-order valence-electron chi connectivity index (χ3n) is 7.63. The van der Waals surface area contributed by atoms with Crippen molar-refractivity contribution in [1.29, 1.82) is 0 Å². The van der Waals surface area contributed by atoms with Crippen LogP contribution in [0.2, 0.25) is 49.9 Å². The summed E-state index contributed by atoms with van der Waals surface area (Å²) in [6, 6.07) is 0. The normalized spacial score (nSPS) is 19.4. The van der Waals surface area contributed by atoms with E-state index in [0.717, 1.165) is 12.0 Å². The summed E-state index contributed by atoms with van der Waals surface area (Å²) in [5.41, 5.74) is 0.986. The molecule has 0 aliphatic carbocycles. The highest BCUT2D eigenvalue weighted by atomic mass is 28.4. The molecule has 3 unspecified atom stereocenters. The van der Waals surface area contributed by atoms with Crippen molar-refractivity contribution in [3.05, 3.63) is 0 Å². The van der Waals surface area contributed by atoms with Gasteiger partial charge in [0.15, 0.2) is 8.32 Å². The molecule has 0 rings (SSSR count). The minimum absolute atomic E-state index is 0.0171. The summed E-state index contributed by atoms with van der Waals surface area (Å²) in [5.74, 6) is 0. The molecule has 5 heteroatoms. The first-order chi connectivity index (χ1) is 10.9. The van der Waals surface area contributed by atoms with Crippen LogP contribution in [0.3, 0.4) is 0 Å². The molecule has 0 saturated heterocycles. The summed E-state index contributed by atoms with van der Waals surface area (Å²) in [6.45, 7) is 33.1. The van der Waals surface area contributed by atoms with Crippen LogP contribution in [0.15, 0.2) is 0 Å². The van der Waals surface area contributed by atoms with Gasteiger partial charge >= 0.3 is 0 Å². The molecular formula is C20H48O2Si3. The molecule has 0 bridgehead atoms. The predicted octanol–water partition coefficient (Wildman–Crippen LogP) is 7.37. The van der Waals surface area contributed by atoms with E-state index in [1.807, 2.05) is 0 Å². The van der Waals surface area contributed by atoms with Gasteiger partial charge in [0.2, 0.25) is 8.32 Å². The summed E-state index contributed by atoms with van der Waals surface area (Å²) >= 11 is 0. The average Bonchev–Trinajstić information content (AvgIpc) is 2.43. The zero-order valence-electron chi connectivity index (χ0n) is 19.9. The Morgan fingerprint density at radius 3 is 1.60 bits per heavy atom. The lowest BCUT2D eigenvalue weighted by Crippen LogP contribution is -2.63. The molecule has 0 fully saturated rings. The van der Waals surface area contributed by atoms with Crippen molar-refractivity contribution in [3.63, 3.8) is 0 Å². The summed E-state index contributed by atoms with van der Waals surface area (Å²) in [5, 5.41) is 0.258. The minimum atomic E-state index is -1.97. The molecule has 3 atom stereocenters. The monoisotopic (exact) mass is 404 g/mol. The summed E-state index contributed by atoms with van der Waals surface area (Å²) < 4.78 is 13.8. The molecule has 0 saturated carbocycles. The highest BCUT2D eigenvalue weighted by Crippen LogP contribution is 2.42. The van der Waals surface area contributed by atoms with Gasteiger partial charge in [-0.15, -0.1) is 0 Å². The first-order valence-electron chi connectivity index (χ1n) is 10.3. The molecule has 0 aromatic carbocycles. The topological polar surface area (TPSA) is 18.5 Å². The molecule has 0 radical (unpaired) electrons. The highest BCUT2D eigenvalue weighted by molar-refractivity contribution is 6.83. The Morgan fingerprint density at radius 2 is 1.28 bits per heavy atom. The Bertz CT molecular complexity index is 427. The summed E-state index contributed by atoms with van der Waals surface area (Å²) in [6.07, 6.45) is 2.34. The van der Waals surface area contributed by atoms with E-state index in [2.05, 4.69) is 94.7 Å². The van der Waals surface area contributed by atoms with E-state index < -0.39 is 24.7 Å². The smallest absolute Gasteiger partial charge is 0.213 e. The molecule has 0 aromatic heterocycles. The molecule has 0 spiro atoms. The lowest BCUT2D eigenvalue weighted by molar-refractivity contribution is 0.120. The van der Waals surface area contributed by atoms with Gasteiger partial charge in [0.05, 0.1) is 13.8 Å². The Kier molecular flexibility index (Phi) is 8.48. The van der Waals surface area contributed by atoms with Gasteiger partial charge in [0, 0.05) is 5.22 Å². The van der Waals surface area contributed by atoms with Gasteiger partial charge in [0.1, 0.15) is 0 Å².